The van der Waals surface area contributed by atoms with Crippen LogP contribution in [0.15, 0.2) is 47.4 Å². The number of thioether (sulfide) groups is 1. The van der Waals surface area contributed by atoms with Gasteiger partial charge in [0.2, 0.25) is 0 Å². The topological polar surface area (TPSA) is 55.4 Å². The molecule has 0 radical (unpaired) electrons. The number of ether oxygens (including phenoxy) is 1. The molecular weight excluding hydrogens is 369 g/mol. The fourth-order valence-corrected chi connectivity index (χ4v) is 3.08. The molecule has 2 aromatic rings. The maximum absolute atomic E-state index is 11.7. The van der Waals surface area contributed by atoms with Crippen LogP contribution in [-0.2, 0) is 11.4 Å². The summed E-state index contributed by atoms with van der Waals surface area (Å²) in [6.07, 6.45) is 1.63. The van der Waals surface area contributed by atoms with Crippen LogP contribution in [-0.4, -0.2) is 11.1 Å². The molecule has 4 nitrogen and oxygen atoms in total. The normalized spacial score (nSPS) is 15.7. The molecule has 0 atom stereocenters. The first-order chi connectivity index (χ1) is 11.5. The van der Waals surface area contributed by atoms with E-state index in [4.69, 9.17) is 27.9 Å². The van der Waals surface area contributed by atoms with Crippen LogP contribution in [0.1, 0.15) is 11.1 Å². The third kappa shape index (κ3) is 3.93. The van der Waals surface area contributed by atoms with Gasteiger partial charge in [0.25, 0.3) is 11.1 Å². The number of carbonyl (C=O) groups is 2. The fraction of sp³-hybridized carbons (Fsp3) is 0.0588. The molecule has 0 bridgehead atoms. The standard InChI is InChI=1S/C17H11Cl2NO3S/c18-12-6-5-10(7-13(12)19)9-23-14-4-2-1-3-11(14)8-15-16(21)20-17(22)24-15/h1-8H,9H2,(H,20,21,22)/b15-8+. The molecule has 0 unspecified atom stereocenters. The van der Waals surface area contributed by atoms with Crippen molar-refractivity contribution in [2.75, 3.05) is 0 Å². The van der Waals surface area contributed by atoms with Crippen molar-refractivity contribution in [2.45, 2.75) is 6.61 Å². The predicted octanol–water partition coefficient (Wildman–Crippen LogP) is 4.90. The van der Waals surface area contributed by atoms with E-state index in [-0.39, 0.29) is 5.24 Å². The quantitative estimate of drug-likeness (QED) is 0.767. The molecule has 3 rings (SSSR count). The van der Waals surface area contributed by atoms with Crippen LogP contribution in [0.3, 0.4) is 0 Å². The number of halogens is 2. The Labute approximate surface area is 152 Å². The van der Waals surface area contributed by atoms with Crippen LogP contribution in [0.5, 0.6) is 5.75 Å². The minimum absolute atomic E-state index is 0.301. The van der Waals surface area contributed by atoms with E-state index in [0.29, 0.717) is 32.9 Å². The molecule has 0 aromatic heterocycles. The fourth-order valence-electron chi connectivity index (χ4n) is 2.08. The Morgan fingerprint density at radius 1 is 1.08 bits per heavy atom. The number of amides is 2. The number of rotatable bonds is 4. The molecule has 2 amide bonds. The first-order valence-corrected chi connectivity index (χ1v) is 8.51. The summed E-state index contributed by atoms with van der Waals surface area (Å²) in [5.41, 5.74) is 1.58. The summed E-state index contributed by atoms with van der Waals surface area (Å²) in [7, 11) is 0. The average molecular weight is 380 g/mol. The maximum Gasteiger partial charge on any atom is 0.290 e. The summed E-state index contributed by atoms with van der Waals surface area (Å²) >= 11 is 12.8. The second-order valence-electron chi connectivity index (χ2n) is 4.93. The van der Waals surface area contributed by atoms with Crippen molar-refractivity contribution in [1.29, 1.82) is 0 Å². The lowest BCUT2D eigenvalue weighted by Gasteiger charge is -2.10. The highest BCUT2D eigenvalue weighted by atomic mass is 35.5. The summed E-state index contributed by atoms with van der Waals surface area (Å²) in [4.78, 5) is 23.2. The van der Waals surface area contributed by atoms with E-state index in [2.05, 4.69) is 5.32 Å². The van der Waals surface area contributed by atoms with E-state index in [0.717, 1.165) is 17.3 Å². The Hall–Kier alpha value is -1.95. The van der Waals surface area contributed by atoms with E-state index in [9.17, 15) is 9.59 Å². The van der Waals surface area contributed by atoms with Gasteiger partial charge in [-0.3, -0.25) is 14.9 Å². The average Bonchev–Trinajstić information content (AvgIpc) is 2.87. The van der Waals surface area contributed by atoms with Crippen molar-refractivity contribution in [2.24, 2.45) is 0 Å². The van der Waals surface area contributed by atoms with Crippen LogP contribution < -0.4 is 10.1 Å². The van der Waals surface area contributed by atoms with Gasteiger partial charge in [0, 0.05) is 5.56 Å². The number of imide groups is 1. The molecule has 122 valence electrons. The molecule has 0 spiro atoms. The van der Waals surface area contributed by atoms with Crippen LogP contribution in [0.4, 0.5) is 4.79 Å². The number of para-hydroxylation sites is 1. The van der Waals surface area contributed by atoms with Crippen LogP contribution in [0, 0.1) is 0 Å². The molecule has 1 saturated heterocycles. The van der Waals surface area contributed by atoms with Gasteiger partial charge in [-0.2, -0.15) is 0 Å². The van der Waals surface area contributed by atoms with Gasteiger partial charge in [-0.1, -0.05) is 47.5 Å². The van der Waals surface area contributed by atoms with Gasteiger partial charge in [0.05, 0.1) is 15.0 Å². The second-order valence-corrected chi connectivity index (χ2v) is 6.76. The lowest BCUT2D eigenvalue weighted by atomic mass is 10.2. The summed E-state index contributed by atoms with van der Waals surface area (Å²) in [6.45, 7) is 0.301. The number of hydrogen-bond acceptors (Lipinski definition) is 4. The van der Waals surface area contributed by atoms with Crippen LogP contribution in [0.2, 0.25) is 10.0 Å². The zero-order valence-electron chi connectivity index (χ0n) is 12.2. The minimum atomic E-state index is -0.399. The zero-order valence-corrected chi connectivity index (χ0v) is 14.5. The van der Waals surface area contributed by atoms with E-state index in [1.807, 2.05) is 24.3 Å². The van der Waals surface area contributed by atoms with Crippen molar-refractivity contribution in [3.05, 3.63) is 68.5 Å². The maximum atomic E-state index is 11.7. The predicted molar refractivity (Wildman–Crippen MR) is 96.3 cm³/mol. The summed E-state index contributed by atoms with van der Waals surface area (Å²) < 4.78 is 5.82. The van der Waals surface area contributed by atoms with Gasteiger partial charge in [-0.05, 0) is 41.6 Å². The molecule has 1 aliphatic rings. The SMILES string of the molecule is O=C1NC(=O)/C(=C\c2ccccc2OCc2ccc(Cl)c(Cl)c2)S1. The molecule has 0 aliphatic carbocycles. The van der Waals surface area contributed by atoms with Crippen molar-refractivity contribution in [1.82, 2.24) is 5.32 Å². The molecule has 1 aliphatic heterocycles. The Morgan fingerprint density at radius 2 is 1.88 bits per heavy atom. The van der Waals surface area contributed by atoms with Gasteiger partial charge in [-0.25, -0.2) is 0 Å². The van der Waals surface area contributed by atoms with Gasteiger partial charge in [-0.15, -0.1) is 0 Å². The van der Waals surface area contributed by atoms with Gasteiger partial charge < -0.3 is 4.74 Å². The monoisotopic (exact) mass is 379 g/mol. The largest absolute Gasteiger partial charge is 0.488 e. The van der Waals surface area contributed by atoms with E-state index in [1.165, 1.54) is 0 Å². The zero-order chi connectivity index (χ0) is 17.1. The molecule has 24 heavy (non-hydrogen) atoms. The molecule has 1 fully saturated rings. The van der Waals surface area contributed by atoms with Crippen molar-refractivity contribution >= 4 is 52.2 Å². The van der Waals surface area contributed by atoms with Crippen molar-refractivity contribution < 1.29 is 14.3 Å². The number of benzene rings is 2. The van der Waals surface area contributed by atoms with Gasteiger partial charge >= 0.3 is 0 Å². The van der Waals surface area contributed by atoms with E-state index in [1.54, 1.807) is 24.3 Å². The number of carbonyl (C=O) groups excluding carboxylic acids is 2. The lowest BCUT2D eigenvalue weighted by molar-refractivity contribution is -0.115. The van der Waals surface area contributed by atoms with Crippen LogP contribution >= 0.6 is 35.0 Å². The summed E-state index contributed by atoms with van der Waals surface area (Å²) in [5, 5.41) is 2.80. The smallest absolute Gasteiger partial charge is 0.290 e. The first-order valence-electron chi connectivity index (χ1n) is 6.93. The van der Waals surface area contributed by atoms with Crippen molar-refractivity contribution in [3.63, 3.8) is 0 Å². The number of hydrogen-bond donors (Lipinski definition) is 1. The van der Waals surface area contributed by atoms with Crippen LogP contribution in [0.25, 0.3) is 6.08 Å². The highest BCUT2D eigenvalue weighted by Crippen LogP contribution is 2.30. The molecule has 1 heterocycles. The Kier molecular flexibility index (Phi) is 5.14. The Morgan fingerprint density at radius 3 is 2.58 bits per heavy atom. The summed E-state index contributed by atoms with van der Waals surface area (Å²) in [6, 6.07) is 12.5. The minimum Gasteiger partial charge on any atom is -0.488 e. The first kappa shape index (κ1) is 16.9. The lowest BCUT2D eigenvalue weighted by Crippen LogP contribution is -2.17. The molecule has 1 N–H and O–H groups in total. The third-order valence-corrected chi connectivity index (χ3v) is 4.78. The highest BCUT2D eigenvalue weighted by molar-refractivity contribution is 8.18. The molecular formula is C17H11Cl2NO3S. The molecule has 0 saturated carbocycles. The third-order valence-electron chi connectivity index (χ3n) is 3.23. The second kappa shape index (κ2) is 7.30. The summed E-state index contributed by atoms with van der Waals surface area (Å²) in [5.74, 6) is 0.202. The molecule has 2 aromatic carbocycles. The Bertz CT molecular complexity index is 851. The van der Waals surface area contributed by atoms with Gasteiger partial charge in [0.15, 0.2) is 0 Å². The van der Waals surface area contributed by atoms with E-state index < -0.39 is 5.91 Å². The Balaban J connectivity index is 1.79. The van der Waals surface area contributed by atoms with Gasteiger partial charge in [0.1, 0.15) is 12.4 Å². The molecule has 7 heteroatoms. The highest BCUT2D eigenvalue weighted by Gasteiger charge is 2.25. The van der Waals surface area contributed by atoms with Crippen molar-refractivity contribution in [3.8, 4) is 5.75 Å². The number of nitrogens with one attached hydrogen (secondary N) is 1. The van der Waals surface area contributed by atoms with E-state index >= 15 is 0 Å².